The Morgan fingerprint density at radius 2 is 1.78 bits per heavy atom. The van der Waals surface area contributed by atoms with Crippen molar-refractivity contribution in [3.8, 4) is 0 Å². The molecule has 10 nitrogen and oxygen atoms in total. The molecule has 1 aliphatic rings. The molecule has 0 spiro atoms. The lowest BCUT2D eigenvalue weighted by Crippen LogP contribution is -2.50. The molecule has 1 fully saturated rings. The van der Waals surface area contributed by atoms with Gasteiger partial charge >= 0.3 is 0 Å². The van der Waals surface area contributed by atoms with E-state index in [4.69, 9.17) is 0 Å². The summed E-state index contributed by atoms with van der Waals surface area (Å²) in [6, 6.07) is 7.68. The first-order valence-corrected chi connectivity index (χ1v) is 13.0. The van der Waals surface area contributed by atoms with Crippen LogP contribution in [0.4, 0.5) is 4.39 Å². The highest BCUT2D eigenvalue weighted by molar-refractivity contribution is 7.89. The van der Waals surface area contributed by atoms with E-state index in [-0.39, 0.29) is 36.0 Å². The zero-order chi connectivity index (χ0) is 23.1. The molecular formula is C18H18FN5O5S3. The number of aromatic nitrogens is 2. The number of amides is 1. The third kappa shape index (κ3) is 3.99. The molecule has 0 atom stereocenters. The Labute approximate surface area is 188 Å². The maximum absolute atomic E-state index is 14.3. The van der Waals surface area contributed by atoms with Gasteiger partial charge in [0.25, 0.3) is 5.91 Å². The van der Waals surface area contributed by atoms with E-state index < -0.39 is 37.3 Å². The fraction of sp³-hybridized carbons (Fsp3) is 0.278. The number of carbonyl (C=O) groups excluding carboxylic acids is 1. The minimum atomic E-state index is -3.87. The zero-order valence-electron chi connectivity index (χ0n) is 16.7. The second kappa shape index (κ2) is 8.44. The molecular weight excluding hydrogens is 481 g/mol. The first-order chi connectivity index (χ1) is 15.1. The highest BCUT2D eigenvalue weighted by Gasteiger charge is 2.33. The monoisotopic (exact) mass is 499 g/mol. The summed E-state index contributed by atoms with van der Waals surface area (Å²) in [5.41, 5.74) is 0.383. The Balaban J connectivity index is 1.54. The van der Waals surface area contributed by atoms with Crippen LogP contribution in [-0.4, -0.2) is 73.9 Å². The fourth-order valence-electron chi connectivity index (χ4n) is 3.38. The number of nitrogens with zero attached hydrogens (tertiary/aromatic N) is 4. The minimum absolute atomic E-state index is 0.00183. The van der Waals surface area contributed by atoms with Gasteiger partial charge in [-0.3, -0.25) is 4.79 Å². The number of piperazine rings is 1. The van der Waals surface area contributed by atoms with E-state index >= 15 is 0 Å². The van der Waals surface area contributed by atoms with Crippen LogP contribution in [0.25, 0.3) is 11.0 Å². The standard InChI is InChI=1S/C18H18FN5O5S3/c1-20-31(26,27)12-5-6-14(19)13(11-12)18(25)23-7-9-24(10-8-23)32(28,29)16-4-2-3-15-17(16)22-30-21-15/h2-6,11,20H,7-10H2,1H3. The number of sulfonamides is 2. The van der Waals surface area contributed by atoms with E-state index in [0.29, 0.717) is 11.0 Å². The van der Waals surface area contributed by atoms with E-state index in [1.807, 2.05) is 0 Å². The summed E-state index contributed by atoms with van der Waals surface area (Å²) >= 11 is 0.919. The number of fused-ring (bicyclic) bond motifs is 1. The van der Waals surface area contributed by atoms with Crippen LogP contribution >= 0.6 is 11.7 Å². The molecule has 1 amide bonds. The van der Waals surface area contributed by atoms with E-state index in [1.165, 1.54) is 22.3 Å². The number of benzene rings is 2. The maximum atomic E-state index is 14.3. The topological polar surface area (TPSA) is 130 Å². The number of hydrogen-bond donors (Lipinski definition) is 1. The maximum Gasteiger partial charge on any atom is 0.256 e. The average molecular weight is 500 g/mol. The lowest BCUT2D eigenvalue weighted by Gasteiger charge is -2.34. The molecule has 2 heterocycles. The molecule has 3 aromatic rings. The van der Waals surface area contributed by atoms with Gasteiger partial charge in [0.2, 0.25) is 20.0 Å². The summed E-state index contributed by atoms with van der Waals surface area (Å²) in [5.74, 6) is -1.57. The van der Waals surface area contributed by atoms with Gasteiger partial charge in [-0.15, -0.1) is 0 Å². The summed E-state index contributed by atoms with van der Waals surface area (Å²) in [4.78, 5) is 13.9. The van der Waals surface area contributed by atoms with Crippen molar-refractivity contribution >= 4 is 48.7 Å². The SMILES string of the molecule is CNS(=O)(=O)c1ccc(F)c(C(=O)N2CCN(S(=O)(=O)c3cccc4nsnc34)CC2)c1. The lowest BCUT2D eigenvalue weighted by atomic mass is 10.1. The van der Waals surface area contributed by atoms with Crippen LogP contribution in [0.15, 0.2) is 46.2 Å². The summed E-state index contributed by atoms with van der Waals surface area (Å²) < 4.78 is 76.0. The Bertz CT molecular complexity index is 1400. The van der Waals surface area contributed by atoms with Crippen LogP contribution < -0.4 is 4.72 Å². The molecule has 32 heavy (non-hydrogen) atoms. The molecule has 4 rings (SSSR count). The van der Waals surface area contributed by atoms with Gasteiger partial charge in [0.15, 0.2) is 0 Å². The first-order valence-electron chi connectivity index (χ1n) is 9.39. The largest absolute Gasteiger partial charge is 0.336 e. The molecule has 0 radical (unpaired) electrons. The average Bonchev–Trinajstić information content (AvgIpc) is 3.27. The van der Waals surface area contributed by atoms with Crippen LogP contribution in [0.1, 0.15) is 10.4 Å². The lowest BCUT2D eigenvalue weighted by molar-refractivity contribution is 0.0693. The third-order valence-corrected chi connectivity index (χ3v) is 9.02. The summed E-state index contributed by atoms with van der Waals surface area (Å²) in [7, 11) is -6.52. The van der Waals surface area contributed by atoms with Gasteiger partial charge in [-0.1, -0.05) is 6.07 Å². The second-order valence-electron chi connectivity index (χ2n) is 6.93. The van der Waals surface area contributed by atoms with E-state index in [1.54, 1.807) is 12.1 Å². The highest BCUT2D eigenvalue weighted by Crippen LogP contribution is 2.26. The van der Waals surface area contributed by atoms with Crippen molar-refractivity contribution in [1.29, 1.82) is 0 Å². The Hall–Kier alpha value is -2.52. The van der Waals surface area contributed by atoms with Crippen molar-refractivity contribution in [2.45, 2.75) is 9.79 Å². The second-order valence-corrected chi connectivity index (χ2v) is 11.3. The molecule has 0 unspecified atom stereocenters. The van der Waals surface area contributed by atoms with Gasteiger partial charge in [0.1, 0.15) is 21.7 Å². The smallest absolute Gasteiger partial charge is 0.256 e. The predicted molar refractivity (Wildman–Crippen MR) is 115 cm³/mol. The summed E-state index contributed by atoms with van der Waals surface area (Å²) in [6.07, 6.45) is 0. The predicted octanol–water partition coefficient (Wildman–Crippen LogP) is 0.885. The van der Waals surface area contributed by atoms with Crippen molar-refractivity contribution in [1.82, 2.24) is 22.7 Å². The number of nitrogens with one attached hydrogen (secondary N) is 1. The van der Waals surface area contributed by atoms with Gasteiger partial charge in [-0.05, 0) is 37.4 Å². The molecule has 170 valence electrons. The molecule has 1 saturated heterocycles. The van der Waals surface area contributed by atoms with Gasteiger partial charge in [0.05, 0.1) is 22.2 Å². The molecule has 0 aliphatic carbocycles. The van der Waals surface area contributed by atoms with Crippen LogP contribution in [0.3, 0.4) is 0 Å². The zero-order valence-corrected chi connectivity index (χ0v) is 19.2. The van der Waals surface area contributed by atoms with E-state index in [0.717, 1.165) is 29.9 Å². The summed E-state index contributed by atoms with van der Waals surface area (Å²) in [6.45, 7) is 0.0356. The van der Waals surface area contributed by atoms with E-state index in [2.05, 4.69) is 13.5 Å². The van der Waals surface area contributed by atoms with Crippen LogP contribution in [0.2, 0.25) is 0 Å². The first kappa shape index (κ1) is 22.7. The van der Waals surface area contributed by atoms with Crippen molar-refractivity contribution < 1.29 is 26.0 Å². The Morgan fingerprint density at radius 3 is 2.47 bits per heavy atom. The molecule has 2 aromatic carbocycles. The Kier molecular flexibility index (Phi) is 5.98. The molecule has 0 saturated carbocycles. The fourth-order valence-corrected chi connectivity index (χ4v) is 6.31. The van der Waals surface area contributed by atoms with Crippen LogP contribution in [0, 0.1) is 5.82 Å². The third-order valence-electron chi connectivity index (χ3n) is 5.14. The number of halogens is 1. The van der Waals surface area contributed by atoms with Crippen molar-refractivity contribution in [3.05, 3.63) is 47.8 Å². The highest BCUT2D eigenvalue weighted by atomic mass is 32.2. The van der Waals surface area contributed by atoms with Gasteiger partial charge in [0, 0.05) is 26.2 Å². The van der Waals surface area contributed by atoms with Gasteiger partial charge in [-0.25, -0.2) is 25.9 Å². The Morgan fingerprint density at radius 1 is 1.06 bits per heavy atom. The van der Waals surface area contributed by atoms with E-state index in [9.17, 15) is 26.0 Å². The van der Waals surface area contributed by atoms with Crippen molar-refractivity contribution in [2.75, 3.05) is 33.2 Å². The van der Waals surface area contributed by atoms with Crippen LogP contribution in [0.5, 0.6) is 0 Å². The molecule has 1 aliphatic heterocycles. The van der Waals surface area contributed by atoms with Crippen LogP contribution in [-0.2, 0) is 20.0 Å². The van der Waals surface area contributed by atoms with Gasteiger partial charge < -0.3 is 4.90 Å². The molecule has 1 aromatic heterocycles. The minimum Gasteiger partial charge on any atom is -0.336 e. The van der Waals surface area contributed by atoms with Crippen molar-refractivity contribution in [3.63, 3.8) is 0 Å². The number of rotatable bonds is 5. The van der Waals surface area contributed by atoms with Gasteiger partial charge in [-0.2, -0.15) is 13.1 Å². The normalized spacial score (nSPS) is 15.9. The molecule has 0 bridgehead atoms. The summed E-state index contributed by atoms with van der Waals surface area (Å²) in [5, 5.41) is 0. The number of carbonyl (C=O) groups is 1. The van der Waals surface area contributed by atoms with Crippen molar-refractivity contribution in [2.24, 2.45) is 0 Å². The number of hydrogen-bond acceptors (Lipinski definition) is 8. The molecule has 14 heteroatoms. The quantitative estimate of drug-likeness (QED) is 0.552. The molecule has 1 N–H and O–H groups in total.